The Hall–Kier alpha value is -1.79. The molecule has 0 unspecified atom stereocenters. The number of aliphatic carboxylic acids is 1. The first-order chi connectivity index (χ1) is 11.4. The van der Waals surface area contributed by atoms with Crippen LogP contribution in [0.3, 0.4) is 0 Å². The molecular weight excluding hydrogens is 310 g/mol. The lowest BCUT2D eigenvalue weighted by atomic mass is 9.77. The van der Waals surface area contributed by atoms with Crippen molar-refractivity contribution in [2.75, 3.05) is 6.54 Å². The molecule has 2 fully saturated rings. The normalized spacial score (nSPS) is 28.0. The molecule has 136 valence electrons. The molecule has 2 rings (SSSR count). The summed E-state index contributed by atoms with van der Waals surface area (Å²) < 4.78 is 0. The number of carboxylic acids is 1. The van der Waals surface area contributed by atoms with Gasteiger partial charge in [0.2, 0.25) is 5.91 Å². The van der Waals surface area contributed by atoms with Crippen LogP contribution in [0, 0.1) is 5.92 Å². The second kappa shape index (κ2) is 8.35. The van der Waals surface area contributed by atoms with E-state index in [1.165, 1.54) is 6.42 Å². The summed E-state index contributed by atoms with van der Waals surface area (Å²) in [6.07, 6.45) is 7.81. The van der Waals surface area contributed by atoms with Crippen molar-refractivity contribution in [3.05, 3.63) is 0 Å². The fraction of sp³-hybridized carbons (Fsp3) is 0.824. The van der Waals surface area contributed by atoms with Crippen LogP contribution >= 0.6 is 0 Å². The second-order valence-corrected chi connectivity index (χ2v) is 7.28. The Kier molecular flexibility index (Phi) is 6.45. The van der Waals surface area contributed by atoms with Gasteiger partial charge in [0.25, 0.3) is 0 Å². The molecule has 0 radical (unpaired) electrons. The van der Waals surface area contributed by atoms with Crippen LogP contribution in [-0.4, -0.2) is 41.1 Å². The third-order valence-corrected chi connectivity index (χ3v) is 5.27. The van der Waals surface area contributed by atoms with Crippen molar-refractivity contribution in [1.29, 1.82) is 0 Å². The number of carbonyl (C=O) groups is 3. The van der Waals surface area contributed by atoms with E-state index in [1.807, 2.05) is 0 Å². The third-order valence-electron chi connectivity index (χ3n) is 5.27. The molecule has 2 aliphatic rings. The van der Waals surface area contributed by atoms with E-state index in [9.17, 15) is 19.5 Å². The number of urea groups is 1. The first-order valence-corrected chi connectivity index (χ1v) is 9.00. The molecule has 0 bridgehead atoms. The molecule has 0 aromatic rings. The van der Waals surface area contributed by atoms with E-state index >= 15 is 0 Å². The Morgan fingerprint density at radius 1 is 1.04 bits per heavy atom. The van der Waals surface area contributed by atoms with Crippen LogP contribution in [-0.2, 0) is 9.59 Å². The second-order valence-electron chi connectivity index (χ2n) is 7.28. The summed E-state index contributed by atoms with van der Waals surface area (Å²) in [7, 11) is 0. The molecule has 0 atom stereocenters. The highest BCUT2D eigenvalue weighted by Crippen LogP contribution is 2.32. The highest BCUT2D eigenvalue weighted by molar-refractivity contribution is 5.89. The Labute approximate surface area is 142 Å². The van der Waals surface area contributed by atoms with E-state index < -0.39 is 17.4 Å². The SMILES string of the molecule is CC1CCC(NC(=O)CNC(=O)NC2CCCCC2)(C(=O)O)CC1. The molecule has 2 saturated carbocycles. The quantitative estimate of drug-likeness (QED) is 0.612. The monoisotopic (exact) mass is 339 g/mol. The number of carbonyl (C=O) groups excluding carboxylic acids is 2. The van der Waals surface area contributed by atoms with Crippen LogP contribution in [0.2, 0.25) is 0 Å². The van der Waals surface area contributed by atoms with Gasteiger partial charge in [0.15, 0.2) is 0 Å². The maximum absolute atomic E-state index is 12.1. The fourth-order valence-electron chi connectivity index (χ4n) is 3.60. The third kappa shape index (κ3) is 5.11. The minimum atomic E-state index is -1.19. The summed E-state index contributed by atoms with van der Waals surface area (Å²) in [6.45, 7) is 1.88. The average Bonchev–Trinajstić information content (AvgIpc) is 2.56. The van der Waals surface area contributed by atoms with Gasteiger partial charge in [-0.05, 0) is 44.4 Å². The van der Waals surface area contributed by atoms with Crippen LogP contribution in [0.4, 0.5) is 4.79 Å². The van der Waals surface area contributed by atoms with Gasteiger partial charge in [-0.25, -0.2) is 9.59 Å². The molecule has 2 aliphatic carbocycles. The topological polar surface area (TPSA) is 108 Å². The Morgan fingerprint density at radius 2 is 1.67 bits per heavy atom. The van der Waals surface area contributed by atoms with Crippen molar-refractivity contribution in [3.8, 4) is 0 Å². The lowest BCUT2D eigenvalue weighted by Crippen LogP contribution is -2.58. The van der Waals surface area contributed by atoms with Crippen LogP contribution in [0.5, 0.6) is 0 Å². The number of amides is 3. The van der Waals surface area contributed by atoms with E-state index in [0.717, 1.165) is 38.5 Å². The fourth-order valence-corrected chi connectivity index (χ4v) is 3.60. The van der Waals surface area contributed by atoms with Crippen molar-refractivity contribution >= 4 is 17.9 Å². The summed E-state index contributed by atoms with van der Waals surface area (Å²) in [6, 6.07) is -0.189. The predicted octanol–water partition coefficient (Wildman–Crippen LogP) is 1.77. The predicted molar refractivity (Wildman–Crippen MR) is 89.5 cm³/mol. The van der Waals surface area contributed by atoms with E-state index in [4.69, 9.17) is 0 Å². The van der Waals surface area contributed by atoms with Crippen molar-refractivity contribution < 1.29 is 19.5 Å². The molecule has 0 aromatic carbocycles. The van der Waals surface area contributed by atoms with Crippen LogP contribution < -0.4 is 16.0 Å². The van der Waals surface area contributed by atoms with Gasteiger partial charge in [0, 0.05) is 6.04 Å². The lowest BCUT2D eigenvalue weighted by Gasteiger charge is -2.36. The molecule has 0 heterocycles. The number of rotatable bonds is 5. The maximum Gasteiger partial charge on any atom is 0.329 e. The van der Waals surface area contributed by atoms with E-state index in [-0.39, 0.29) is 18.6 Å². The molecule has 0 aliphatic heterocycles. The van der Waals surface area contributed by atoms with Gasteiger partial charge >= 0.3 is 12.0 Å². The van der Waals surface area contributed by atoms with Gasteiger partial charge in [-0.15, -0.1) is 0 Å². The zero-order chi connectivity index (χ0) is 17.6. The molecule has 3 amide bonds. The standard InChI is InChI=1S/C17H29N3O4/c1-12-7-9-17(10-8-12,15(22)23)20-14(21)11-18-16(24)19-13-5-3-2-4-6-13/h12-13H,2-11H2,1H3,(H,20,21)(H,22,23)(H2,18,19,24). The minimum Gasteiger partial charge on any atom is -0.480 e. The molecular formula is C17H29N3O4. The van der Waals surface area contributed by atoms with Crippen LogP contribution in [0.15, 0.2) is 0 Å². The van der Waals surface area contributed by atoms with Crippen LogP contribution in [0.1, 0.15) is 64.7 Å². The van der Waals surface area contributed by atoms with E-state index in [2.05, 4.69) is 22.9 Å². The minimum absolute atomic E-state index is 0.173. The number of hydrogen-bond acceptors (Lipinski definition) is 3. The van der Waals surface area contributed by atoms with Crippen molar-refractivity contribution in [1.82, 2.24) is 16.0 Å². The molecule has 7 nitrogen and oxygen atoms in total. The molecule has 0 spiro atoms. The first kappa shape index (κ1) is 18.5. The maximum atomic E-state index is 12.1. The van der Waals surface area contributed by atoms with Crippen molar-refractivity contribution in [3.63, 3.8) is 0 Å². The number of hydrogen-bond donors (Lipinski definition) is 4. The van der Waals surface area contributed by atoms with Gasteiger partial charge in [0.1, 0.15) is 5.54 Å². The van der Waals surface area contributed by atoms with Crippen molar-refractivity contribution in [2.24, 2.45) is 5.92 Å². The molecule has 0 saturated heterocycles. The summed E-state index contributed by atoms with van der Waals surface area (Å²) in [5.41, 5.74) is -1.19. The summed E-state index contributed by atoms with van der Waals surface area (Å²) in [5.74, 6) is -0.964. The van der Waals surface area contributed by atoms with Gasteiger partial charge in [-0.3, -0.25) is 4.79 Å². The van der Waals surface area contributed by atoms with E-state index in [1.54, 1.807) is 0 Å². The van der Waals surface area contributed by atoms with Gasteiger partial charge in [-0.2, -0.15) is 0 Å². The average molecular weight is 339 g/mol. The summed E-state index contributed by atoms with van der Waals surface area (Å²) >= 11 is 0. The lowest BCUT2D eigenvalue weighted by molar-refractivity contribution is -0.149. The van der Waals surface area contributed by atoms with Gasteiger partial charge in [0.05, 0.1) is 6.54 Å². The molecule has 4 N–H and O–H groups in total. The summed E-state index contributed by atoms with van der Waals surface area (Å²) in [4.78, 5) is 35.5. The van der Waals surface area contributed by atoms with E-state index in [0.29, 0.717) is 18.8 Å². The Balaban J connectivity index is 1.76. The van der Waals surface area contributed by atoms with Crippen molar-refractivity contribution in [2.45, 2.75) is 76.3 Å². The number of nitrogens with one attached hydrogen (secondary N) is 3. The largest absolute Gasteiger partial charge is 0.480 e. The highest BCUT2D eigenvalue weighted by atomic mass is 16.4. The Morgan fingerprint density at radius 3 is 2.25 bits per heavy atom. The molecule has 7 heteroatoms. The number of carboxylic acid groups (broad SMARTS) is 1. The van der Waals surface area contributed by atoms with Gasteiger partial charge < -0.3 is 21.1 Å². The van der Waals surface area contributed by atoms with Gasteiger partial charge in [-0.1, -0.05) is 26.2 Å². The molecule has 24 heavy (non-hydrogen) atoms. The Bertz CT molecular complexity index is 466. The van der Waals surface area contributed by atoms with Crippen LogP contribution in [0.25, 0.3) is 0 Å². The zero-order valence-electron chi connectivity index (χ0n) is 14.4. The smallest absolute Gasteiger partial charge is 0.329 e. The summed E-state index contributed by atoms with van der Waals surface area (Å²) in [5, 5.41) is 17.5. The first-order valence-electron chi connectivity index (χ1n) is 9.00. The zero-order valence-corrected chi connectivity index (χ0v) is 14.4. The highest BCUT2D eigenvalue weighted by Gasteiger charge is 2.42. The molecule has 0 aromatic heterocycles.